The Balaban J connectivity index is 2.29. The third kappa shape index (κ3) is 4.31. The van der Waals surface area contributed by atoms with Crippen LogP contribution in [0, 0.1) is 0 Å². The highest BCUT2D eigenvalue weighted by molar-refractivity contribution is 7.90. The number of hydroxylamine groups is 1. The predicted molar refractivity (Wildman–Crippen MR) is 89.8 cm³/mol. The van der Waals surface area contributed by atoms with E-state index in [0.29, 0.717) is 12.1 Å². The van der Waals surface area contributed by atoms with E-state index in [1.54, 1.807) is 24.3 Å². The van der Waals surface area contributed by atoms with Gasteiger partial charge in [0.1, 0.15) is 0 Å². The maximum Gasteiger partial charge on any atom is 0.267 e. The molecule has 1 aromatic heterocycles. The van der Waals surface area contributed by atoms with E-state index < -0.39 is 15.9 Å². The fourth-order valence-electron chi connectivity index (χ4n) is 2.14. The number of amides is 1. The molecule has 1 aromatic carbocycles. The van der Waals surface area contributed by atoms with Crippen molar-refractivity contribution in [3.05, 3.63) is 59.9 Å². The molecule has 1 heterocycles. The number of benzene rings is 1. The average molecular weight is 349 g/mol. The number of hydrogen-bond donors (Lipinski definition) is 2. The summed E-state index contributed by atoms with van der Waals surface area (Å²) in [5, 5.41) is 8.43. The summed E-state index contributed by atoms with van der Waals surface area (Å²) < 4.78 is 26.5. The lowest BCUT2D eigenvalue weighted by atomic mass is 10.2. The maximum atomic E-state index is 12.7. The van der Waals surface area contributed by atoms with E-state index in [4.69, 9.17) is 5.21 Å². The van der Waals surface area contributed by atoms with Gasteiger partial charge in [0.25, 0.3) is 15.9 Å². The zero-order valence-electron chi connectivity index (χ0n) is 13.4. The molecule has 0 aliphatic carbocycles. The minimum Gasteiger partial charge on any atom is -0.305 e. The zero-order valence-corrected chi connectivity index (χ0v) is 14.2. The van der Waals surface area contributed by atoms with Crippen LogP contribution in [0.3, 0.4) is 0 Å². The van der Waals surface area contributed by atoms with Crippen LogP contribution in [-0.4, -0.2) is 42.5 Å². The molecular formula is C16H19N3O4S. The number of carbonyl (C=O) groups excluding carboxylic acids is 1. The van der Waals surface area contributed by atoms with Crippen molar-refractivity contribution in [3.63, 3.8) is 0 Å². The first kappa shape index (κ1) is 17.9. The van der Waals surface area contributed by atoms with E-state index in [1.807, 2.05) is 25.1 Å². The molecule has 0 aliphatic heterocycles. The Morgan fingerprint density at radius 2 is 2.08 bits per heavy atom. The second-order valence-corrected chi connectivity index (χ2v) is 7.32. The van der Waals surface area contributed by atoms with Gasteiger partial charge >= 0.3 is 0 Å². The van der Waals surface area contributed by atoms with Gasteiger partial charge in [0, 0.05) is 25.0 Å². The number of hydrogen-bond acceptors (Lipinski definition) is 5. The summed E-state index contributed by atoms with van der Waals surface area (Å²) in [5.74, 6) is -0.693. The smallest absolute Gasteiger partial charge is 0.267 e. The van der Waals surface area contributed by atoms with E-state index >= 15 is 0 Å². The van der Waals surface area contributed by atoms with Gasteiger partial charge in [-0.25, -0.2) is 17.9 Å². The van der Waals surface area contributed by atoms with Crippen molar-refractivity contribution >= 4 is 22.0 Å². The molecule has 0 saturated heterocycles. The van der Waals surface area contributed by atoms with Crippen molar-refractivity contribution < 1.29 is 18.4 Å². The lowest BCUT2D eigenvalue weighted by molar-refractivity contribution is -0.124. The van der Waals surface area contributed by atoms with Crippen LogP contribution in [0.4, 0.5) is 0 Å². The first-order valence-corrected chi connectivity index (χ1v) is 8.56. The number of nitrogens with one attached hydrogen (secondary N) is 1. The van der Waals surface area contributed by atoms with Gasteiger partial charge in [-0.05, 0) is 49.5 Å². The molecule has 2 aromatic rings. The summed E-state index contributed by atoms with van der Waals surface area (Å²) in [6, 6.07) is 8.33. The molecule has 0 aliphatic rings. The molecule has 1 amide bonds. The van der Waals surface area contributed by atoms with Crippen molar-refractivity contribution in [1.29, 1.82) is 0 Å². The van der Waals surface area contributed by atoms with E-state index in [1.165, 1.54) is 23.9 Å². The quantitative estimate of drug-likeness (QED) is 0.466. The number of aromatic nitrogens is 1. The van der Waals surface area contributed by atoms with E-state index in [9.17, 15) is 13.2 Å². The van der Waals surface area contributed by atoms with Gasteiger partial charge in [-0.3, -0.25) is 10.0 Å². The Hall–Kier alpha value is -2.42. The largest absolute Gasteiger partial charge is 0.305 e. The molecule has 0 spiro atoms. The molecule has 0 atom stereocenters. The van der Waals surface area contributed by atoms with Crippen LogP contribution < -0.4 is 5.48 Å². The lowest BCUT2D eigenvalue weighted by Gasteiger charge is -2.11. The van der Waals surface area contributed by atoms with E-state index in [-0.39, 0.29) is 4.90 Å². The van der Waals surface area contributed by atoms with Crippen LogP contribution >= 0.6 is 0 Å². The Bertz CT molecular complexity index is 854. The molecule has 2 rings (SSSR count). The highest BCUT2D eigenvalue weighted by Gasteiger charge is 2.17. The van der Waals surface area contributed by atoms with Crippen molar-refractivity contribution in [3.8, 4) is 0 Å². The molecule has 0 saturated carbocycles. The SMILES string of the molecule is CN(C)Cc1cccc(S(=O)(=O)n2ccc(/C=C/C(=O)NO)c2)c1. The van der Waals surface area contributed by atoms with E-state index in [2.05, 4.69) is 0 Å². The summed E-state index contributed by atoms with van der Waals surface area (Å²) in [4.78, 5) is 13.1. The average Bonchev–Trinajstić information content (AvgIpc) is 3.02. The third-order valence-electron chi connectivity index (χ3n) is 3.20. The van der Waals surface area contributed by atoms with Gasteiger partial charge in [-0.1, -0.05) is 12.1 Å². The highest BCUT2D eigenvalue weighted by atomic mass is 32.2. The Kier molecular flexibility index (Phi) is 5.55. The molecule has 8 heteroatoms. The summed E-state index contributed by atoms with van der Waals surface area (Å²) in [7, 11) is 0.116. The van der Waals surface area contributed by atoms with Gasteiger partial charge in [0.2, 0.25) is 0 Å². The Labute approximate surface area is 140 Å². The minimum atomic E-state index is -3.71. The molecule has 2 N–H and O–H groups in total. The summed E-state index contributed by atoms with van der Waals surface area (Å²) in [5.41, 5.74) is 2.88. The van der Waals surface area contributed by atoms with Gasteiger partial charge in [0.05, 0.1) is 4.90 Å². The molecule has 0 bridgehead atoms. The molecule has 128 valence electrons. The van der Waals surface area contributed by atoms with Crippen LogP contribution in [0.25, 0.3) is 6.08 Å². The van der Waals surface area contributed by atoms with Gasteiger partial charge in [-0.2, -0.15) is 0 Å². The first-order chi connectivity index (χ1) is 11.3. The van der Waals surface area contributed by atoms with Crippen molar-refractivity contribution in [2.45, 2.75) is 11.4 Å². The maximum absolute atomic E-state index is 12.7. The Morgan fingerprint density at radius 3 is 2.75 bits per heavy atom. The molecule has 0 fully saturated rings. The first-order valence-electron chi connectivity index (χ1n) is 7.12. The topological polar surface area (TPSA) is 91.6 Å². The standard InChI is InChI=1S/C16H19N3O4S/c1-18(2)11-14-4-3-5-15(10-14)24(22,23)19-9-8-13(12-19)6-7-16(20)17-21/h3-10,12,21H,11H2,1-2H3,(H,17,20)/b7-6+. The second-order valence-electron chi connectivity index (χ2n) is 5.47. The fraction of sp³-hybridized carbons (Fsp3) is 0.188. The Morgan fingerprint density at radius 1 is 1.33 bits per heavy atom. The number of nitrogens with zero attached hydrogens (tertiary/aromatic N) is 2. The molecule has 24 heavy (non-hydrogen) atoms. The molecular weight excluding hydrogens is 330 g/mol. The van der Waals surface area contributed by atoms with Crippen molar-refractivity contribution in [1.82, 2.24) is 14.4 Å². The van der Waals surface area contributed by atoms with Crippen LogP contribution in [0.2, 0.25) is 0 Å². The van der Waals surface area contributed by atoms with Crippen LogP contribution in [0.1, 0.15) is 11.1 Å². The highest BCUT2D eigenvalue weighted by Crippen LogP contribution is 2.18. The third-order valence-corrected chi connectivity index (χ3v) is 4.83. The molecule has 0 unspecified atom stereocenters. The van der Waals surface area contributed by atoms with Gasteiger partial charge in [-0.15, -0.1) is 0 Å². The molecule has 7 nitrogen and oxygen atoms in total. The minimum absolute atomic E-state index is 0.195. The number of rotatable bonds is 6. The predicted octanol–water partition coefficient (Wildman–Crippen LogP) is 1.31. The van der Waals surface area contributed by atoms with Crippen molar-refractivity contribution in [2.24, 2.45) is 0 Å². The second kappa shape index (κ2) is 7.43. The van der Waals surface area contributed by atoms with Gasteiger partial charge < -0.3 is 4.90 Å². The monoisotopic (exact) mass is 349 g/mol. The van der Waals surface area contributed by atoms with Crippen LogP contribution in [0.5, 0.6) is 0 Å². The molecule has 0 radical (unpaired) electrons. The summed E-state index contributed by atoms with van der Waals surface area (Å²) >= 11 is 0. The zero-order chi connectivity index (χ0) is 17.7. The van der Waals surface area contributed by atoms with Crippen LogP contribution in [-0.2, 0) is 21.4 Å². The summed E-state index contributed by atoms with van der Waals surface area (Å²) in [6.07, 6.45) is 5.31. The van der Waals surface area contributed by atoms with Crippen LogP contribution in [0.15, 0.2) is 53.7 Å². The fourth-order valence-corrected chi connectivity index (χ4v) is 3.42. The lowest BCUT2D eigenvalue weighted by Crippen LogP contribution is -2.14. The van der Waals surface area contributed by atoms with Crippen molar-refractivity contribution in [2.75, 3.05) is 14.1 Å². The van der Waals surface area contributed by atoms with E-state index in [0.717, 1.165) is 15.6 Å². The van der Waals surface area contributed by atoms with Gasteiger partial charge in [0.15, 0.2) is 0 Å². The summed E-state index contributed by atoms with van der Waals surface area (Å²) in [6.45, 7) is 0.638. The number of carbonyl (C=O) groups is 1. The normalized spacial score (nSPS) is 12.0.